The van der Waals surface area contributed by atoms with Crippen molar-refractivity contribution in [3.8, 4) is 5.75 Å². The minimum atomic E-state index is -3.91. The molecule has 2 atom stereocenters. The van der Waals surface area contributed by atoms with Crippen LogP contribution in [-0.4, -0.2) is 39.5 Å². The monoisotopic (exact) mass is 472 g/mol. The van der Waals surface area contributed by atoms with E-state index in [2.05, 4.69) is 10.0 Å². The topological polar surface area (TPSA) is 111 Å². The number of para-hydroxylation sites is 1. The molecule has 0 saturated heterocycles. The third kappa shape index (κ3) is 7.16. The number of esters is 1. The highest BCUT2D eigenvalue weighted by atomic mass is 32.2. The SMILES string of the molecule is CC(C)[C@H](NS(=O)(=O)/C=C/c1ccccc1)C(=O)OCC(=O)NC1CCOc2ccccc21. The van der Waals surface area contributed by atoms with Crippen LogP contribution in [-0.2, 0) is 24.3 Å². The molecule has 9 heteroatoms. The summed E-state index contributed by atoms with van der Waals surface area (Å²) in [5.74, 6) is -0.963. The number of carbonyl (C=O) groups is 2. The van der Waals surface area contributed by atoms with Crippen molar-refractivity contribution >= 4 is 28.0 Å². The van der Waals surface area contributed by atoms with E-state index in [-0.39, 0.29) is 12.0 Å². The normalized spacial score (nSPS) is 16.6. The van der Waals surface area contributed by atoms with Gasteiger partial charge in [-0.2, -0.15) is 4.72 Å². The highest BCUT2D eigenvalue weighted by molar-refractivity contribution is 7.92. The van der Waals surface area contributed by atoms with Crippen LogP contribution in [0.15, 0.2) is 60.0 Å². The fraction of sp³-hybridized carbons (Fsp3) is 0.333. The molecule has 33 heavy (non-hydrogen) atoms. The van der Waals surface area contributed by atoms with Gasteiger partial charge in [0, 0.05) is 17.4 Å². The summed E-state index contributed by atoms with van der Waals surface area (Å²) in [6.45, 7) is 3.33. The number of hydrogen-bond acceptors (Lipinski definition) is 6. The number of ether oxygens (including phenoxy) is 2. The molecule has 1 unspecified atom stereocenters. The zero-order valence-electron chi connectivity index (χ0n) is 18.6. The van der Waals surface area contributed by atoms with Gasteiger partial charge < -0.3 is 14.8 Å². The molecule has 2 N–H and O–H groups in total. The van der Waals surface area contributed by atoms with Crippen LogP contribution >= 0.6 is 0 Å². The van der Waals surface area contributed by atoms with Gasteiger partial charge in [-0.05, 0) is 23.6 Å². The van der Waals surface area contributed by atoms with Gasteiger partial charge in [-0.3, -0.25) is 9.59 Å². The van der Waals surface area contributed by atoms with Crippen LogP contribution in [0.2, 0.25) is 0 Å². The zero-order chi connectivity index (χ0) is 23.8. The summed E-state index contributed by atoms with van der Waals surface area (Å²) in [6.07, 6.45) is 2.03. The molecule has 1 amide bonds. The Morgan fingerprint density at radius 1 is 1.12 bits per heavy atom. The molecule has 3 rings (SSSR count). The second-order valence-electron chi connectivity index (χ2n) is 8.00. The second-order valence-corrected chi connectivity index (χ2v) is 9.60. The molecule has 0 bridgehead atoms. The molecule has 8 nitrogen and oxygen atoms in total. The van der Waals surface area contributed by atoms with Gasteiger partial charge in [-0.25, -0.2) is 8.42 Å². The molecule has 0 fully saturated rings. The van der Waals surface area contributed by atoms with Crippen LogP contribution in [0.5, 0.6) is 5.75 Å². The van der Waals surface area contributed by atoms with E-state index in [1.165, 1.54) is 6.08 Å². The lowest BCUT2D eigenvalue weighted by Gasteiger charge is -2.26. The molecule has 1 aliphatic rings. The number of fused-ring (bicyclic) bond motifs is 1. The van der Waals surface area contributed by atoms with Crippen molar-refractivity contribution in [1.29, 1.82) is 0 Å². The summed E-state index contributed by atoms with van der Waals surface area (Å²) in [5, 5.41) is 3.84. The van der Waals surface area contributed by atoms with Crippen molar-refractivity contribution < 1.29 is 27.5 Å². The van der Waals surface area contributed by atoms with Crippen LogP contribution in [0.25, 0.3) is 6.08 Å². The Bertz CT molecular complexity index is 1100. The van der Waals surface area contributed by atoms with Gasteiger partial charge in [-0.15, -0.1) is 0 Å². The first-order valence-electron chi connectivity index (χ1n) is 10.7. The number of nitrogens with one attached hydrogen (secondary N) is 2. The molecule has 176 valence electrons. The molecule has 0 radical (unpaired) electrons. The van der Waals surface area contributed by atoms with Gasteiger partial charge in [-0.1, -0.05) is 62.4 Å². The number of carbonyl (C=O) groups excluding carboxylic acids is 2. The molecule has 1 heterocycles. The van der Waals surface area contributed by atoms with Crippen molar-refractivity contribution in [2.75, 3.05) is 13.2 Å². The molecule has 1 aliphatic heterocycles. The van der Waals surface area contributed by atoms with E-state index in [4.69, 9.17) is 9.47 Å². The van der Waals surface area contributed by atoms with E-state index in [0.29, 0.717) is 24.3 Å². The van der Waals surface area contributed by atoms with Crippen LogP contribution in [0, 0.1) is 5.92 Å². The van der Waals surface area contributed by atoms with Crippen molar-refractivity contribution in [3.05, 3.63) is 71.1 Å². The molecule has 0 spiro atoms. The second kappa shape index (κ2) is 11.1. The fourth-order valence-corrected chi connectivity index (χ4v) is 4.50. The molecule has 0 aliphatic carbocycles. The average Bonchev–Trinajstić information content (AvgIpc) is 2.80. The predicted octanol–water partition coefficient (Wildman–Crippen LogP) is 2.78. The van der Waals surface area contributed by atoms with E-state index in [1.54, 1.807) is 38.1 Å². The molecule has 2 aromatic rings. The lowest BCUT2D eigenvalue weighted by molar-refractivity contribution is -0.151. The smallest absolute Gasteiger partial charge is 0.324 e. The van der Waals surface area contributed by atoms with Crippen LogP contribution < -0.4 is 14.8 Å². The molecular formula is C24H28N2O6S. The summed E-state index contributed by atoms with van der Waals surface area (Å²) >= 11 is 0. The van der Waals surface area contributed by atoms with Gasteiger partial charge in [0.25, 0.3) is 5.91 Å². The van der Waals surface area contributed by atoms with Gasteiger partial charge in [0.15, 0.2) is 6.61 Å². The van der Waals surface area contributed by atoms with Crippen LogP contribution in [0.4, 0.5) is 0 Å². The molecule has 0 saturated carbocycles. The van der Waals surface area contributed by atoms with E-state index in [1.807, 2.05) is 30.3 Å². The Hall–Kier alpha value is -3.17. The van der Waals surface area contributed by atoms with Gasteiger partial charge in [0.2, 0.25) is 10.0 Å². The maximum atomic E-state index is 12.6. The Labute approximate surface area is 194 Å². The number of sulfonamides is 1. The number of rotatable bonds is 9. The molecular weight excluding hydrogens is 444 g/mol. The summed E-state index contributed by atoms with van der Waals surface area (Å²) in [6, 6.07) is 15.0. The average molecular weight is 473 g/mol. The van der Waals surface area contributed by atoms with Crippen molar-refractivity contribution in [1.82, 2.24) is 10.0 Å². The van der Waals surface area contributed by atoms with E-state index in [0.717, 1.165) is 11.0 Å². The Morgan fingerprint density at radius 3 is 2.55 bits per heavy atom. The minimum absolute atomic E-state index is 0.247. The Balaban J connectivity index is 1.56. The lowest BCUT2D eigenvalue weighted by Crippen LogP contribution is -2.45. The van der Waals surface area contributed by atoms with Crippen molar-refractivity contribution in [2.24, 2.45) is 5.92 Å². The lowest BCUT2D eigenvalue weighted by atomic mass is 10.0. The standard InChI is InChI=1S/C24H28N2O6S/c1-17(2)23(26-33(29,30)15-13-18-8-4-3-5-9-18)24(28)32-16-22(27)25-20-12-14-31-21-11-7-6-10-19(20)21/h3-11,13,15,17,20,23,26H,12,14,16H2,1-2H3,(H,25,27)/b15-13+/t20?,23-/m0/s1. The van der Waals surface area contributed by atoms with Crippen molar-refractivity contribution in [3.63, 3.8) is 0 Å². The van der Waals surface area contributed by atoms with Gasteiger partial charge in [0.05, 0.1) is 12.6 Å². The Morgan fingerprint density at radius 2 is 1.82 bits per heavy atom. The van der Waals surface area contributed by atoms with Gasteiger partial charge >= 0.3 is 5.97 Å². The fourth-order valence-electron chi connectivity index (χ4n) is 3.36. The van der Waals surface area contributed by atoms with Crippen LogP contribution in [0.1, 0.15) is 37.4 Å². The first kappa shape index (κ1) is 24.5. The number of amides is 1. The third-order valence-corrected chi connectivity index (χ3v) is 6.17. The largest absolute Gasteiger partial charge is 0.493 e. The van der Waals surface area contributed by atoms with Crippen molar-refractivity contribution in [2.45, 2.75) is 32.4 Å². The maximum absolute atomic E-state index is 12.6. The molecule has 0 aromatic heterocycles. The number of hydrogen-bond donors (Lipinski definition) is 2. The predicted molar refractivity (Wildman–Crippen MR) is 125 cm³/mol. The first-order valence-corrected chi connectivity index (χ1v) is 12.2. The highest BCUT2D eigenvalue weighted by Crippen LogP contribution is 2.31. The highest BCUT2D eigenvalue weighted by Gasteiger charge is 2.29. The third-order valence-electron chi connectivity index (χ3n) is 5.09. The maximum Gasteiger partial charge on any atom is 0.324 e. The van der Waals surface area contributed by atoms with E-state index < -0.39 is 34.5 Å². The minimum Gasteiger partial charge on any atom is -0.493 e. The van der Waals surface area contributed by atoms with Crippen LogP contribution in [0.3, 0.4) is 0 Å². The van der Waals surface area contributed by atoms with E-state index in [9.17, 15) is 18.0 Å². The van der Waals surface area contributed by atoms with Gasteiger partial charge in [0.1, 0.15) is 11.8 Å². The summed E-state index contributed by atoms with van der Waals surface area (Å²) in [5.41, 5.74) is 1.57. The summed E-state index contributed by atoms with van der Waals surface area (Å²) in [4.78, 5) is 24.9. The quantitative estimate of drug-likeness (QED) is 0.543. The Kier molecular flexibility index (Phi) is 8.24. The number of benzene rings is 2. The molecule has 2 aromatic carbocycles. The summed E-state index contributed by atoms with van der Waals surface area (Å²) < 4.78 is 37.9. The van der Waals surface area contributed by atoms with E-state index >= 15 is 0 Å². The zero-order valence-corrected chi connectivity index (χ0v) is 19.4. The summed E-state index contributed by atoms with van der Waals surface area (Å²) in [7, 11) is -3.91. The first-order chi connectivity index (χ1) is 15.7.